The third kappa shape index (κ3) is 4.36. The number of nitrogens with one attached hydrogen (secondary N) is 1. The van der Waals surface area contributed by atoms with Crippen molar-refractivity contribution in [2.24, 2.45) is 0 Å². The Morgan fingerprint density at radius 2 is 2.16 bits per heavy atom. The smallest absolute Gasteiger partial charge is 0.268 e. The van der Waals surface area contributed by atoms with Crippen LogP contribution in [0, 0.1) is 0 Å². The largest absolute Gasteiger partial charge is 0.388 e. The molecule has 1 aromatic heterocycles. The zero-order chi connectivity index (χ0) is 14.3. The van der Waals surface area contributed by atoms with E-state index in [1.54, 1.807) is 13.2 Å². The molecular formula is C14H24N2O3. The molecule has 0 unspecified atom stereocenters. The van der Waals surface area contributed by atoms with Crippen LogP contribution < -0.4 is 5.32 Å². The summed E-state index contributed by atoms with van der Waals surface area (Å²) in [5.41, 5.74) is -0.230. The Bertz CT molecular complexity index is 397. The van der Waals surface area contributed by atoms with E-state index in [-0.39, 0.29) is 12.5 Å². The van der Waals surface area contributed by atoms with Crippen molar-refractivity contribution in [2.75, 3.05) is 20.3 Å². The minimum absolute atomic E-state index is 0.165. The predicted molar refractivity (Wildman–Crippen MR) is 74.2 cm³/mol. The number of nitrogens with zero attached hydrogens (tertiary/aromatic N) is 1. The molecule has 19 heavy (non-hydrogen) atoms. The number of methoxy groups -OCH3 is 1. The molecule has 0 aliphatic heterocycles. The molecule has 0 aromatic carbocycles. The molecule has 1 amide bonds. The second-order valence-corrected chi connectivity index (χ2v) is 4.69. The fourth-order valence-corrected chi connectivity index (χ4v) is 1.84. The molecule has 1 heterocycles. The highest BCUT2D eigenvalue weighted by molar-refractivity contribution is 5.92. The molecule has 5 heteroatoms. The van der Waals surface area contributed by atoms with Crippen molar-refractivity contribution in [2.45, 2.75) is 38.8 Å². The quantitative estimate of drug-likeness (QED) is 0.749. The normalized spacial score (nSPS) is 11.6. The van der Waals surface area contributed by atoms with E-state index >= 15 is 0 Å². The van der Waals surface area contributed by atoms with Gasteiger partial charge in [-0.05, 0) is 25.0 Å². The molecule has 1 rings (SSSR count). The average Bonchev–Trinajstić information content (AvgIpc) is 2.90. The number of aromatic nitrogens is 1. The van der Waals surface area contributed by atoms with Gasteiger partial charge in [-0.2, -0.15) is 0 Å². The molecular weight excluding hydrogens is 244 g/mol. The SMILES string of the molecule is CCC(O)(CC)CNC(=O)c1cccn1CCOC. The minimum atomic E-state index is -0.820. The van der Waals surface area contributed by atoms with Gasteiger partial charge in [-0.25, -0.2) is 0 Å². The van der Waals surface area contributed by atoms with Crippen LogP contribution >= 0.6 is 0 Å². The summed E-state index contributed by atoms with van der Waals surface area (Å²) in [6.45, 7) is 5.29. The Morgan fingerprint density at radius 1 is 1.47 bits per heavy atom. The van der Waals surface area contributed by atoms with Crippen molar-refractivity contribution in [3.63, 3.8) is 0 Å². The van der Waals surface area contributed by atoms with E-state index in [4.69, 9.17) is 4.74 Å². The molecule has 108 valence electrons. The third-order valence-corrected chi connectivity index (χ3v) is 3.49. The van der Waals surface area contributed by atoms with Crippen LogP contribution in [0.1, 0.15) is 37.2 Å². The molecule has 5 nitrogen and oxygen atoms in total. The number of hydrogen-bond donors (Lipinski definition) is 2. The van der Waals surface area contributed by atoms with Crippen LogP contribution in [0.3, 0.4) is 0 Å². The molecule has 0 aliphatic carbocycles. The number of carbonyl (C=O) groups is 1. The van der Waals surface area contributed by atoms with Crippen molar-refractivity contribution in [1.29, 1.82) is 0 Å². The maximum absolute atomic E-state index is 12.1. The molecule has 2 N–H and O–H groups in total. The number of ether oxygens (including phenoxy) is 1. The lowest BCUT2D eigenvalue weighted by Gasteiger charge is -2.25. The highest BCUT2D eigenvalue weighted by Gasteiger charge is 2.23. The first-order valence-electron chi connectivity index (χ1n) is 6.71. The van der Waals surface area contributed by atoms with Gasteiger partial charge in [0, 0.05) is 26.4 Å². The summed E-state index contributed by atoms with van der Waals surface area (Å²) in [6, 6.07) is 3.60. The summed E-state index contributed by atoms with van der Waals surface area (Å²) in [4.78, 5) is 12.1. The molecule has 0 spiro atoms. The fraction of sp³-hybridized carbons (Fsp3) is 0.643. The zero-order valence-corrected chi connectivity index (χ0v) is 12.0. The van der Waals surface area contributed by atoms with Crippen LogP contribution in [-0.4, -0.2) is 41.4 Å². The van der Waals surface area contributed by atoms with Crippen molar-refractivity contribution >= 4 is 5.91 Å². The maximum atomic E-state index is 12.1. The van der Waals surface area contributed by atoms with Gasteiger partial charge < -0.3 is 19.7 Å². The van der Waals surface area contributed by atoms with Crippen LogP contribution in [0.4, 0.5) is 0 Å². The Labute approximate surface area is 114 Å². The molecule has 1 aromatic rings. The monoisotopic (exact) mass is 268 g/mol. The van der Waals surface area contributed by atoms with Gasteiger partial charge in [-0.3, -0.25) is 4.79 Å². The number of hydrogen-bond acceptors (Lipinski definition) is 3. The summed E-state index contributed by atoms with van der Waals surface area (Å²) in [6.07, 6.45) is 3.09. The maximum Gasteiger partial charge on any atom is 0.268 e. The number of amides is 1. The van der Waals surface area contributed by atoms with E-state index in [9.17, 15) is 9.90 Å². The Hall–Kier alpha value is -1.33. The van der Waals surface area contributed by atoms with E-state index in [1.165, 1.54) is 0 Å². The van der Waals surface area contributed by atoms with Crippen LogP contribution in [0.5, 0.6) is 0 Å². The van der Waals surface area contributed by atoms with E-state index < -0.39 is 5.60 Å². The van der Waals surface area contributed by atoms with Gasteiger partial charge in [-0.1, -0.05) is 13.8 Å². The Morgan fingerprint density at radius 3 is 2.74 bits per heavy atom. The molecule has 0 bridgehead atoms. The summed E-state index contributed by atoms with van der Waals surface area (Å²) in [5, 5.41) is 12.9. The van der Waals surface area contributed by atoms with Crippen molar-refractivity contribution in [1.82, 2.24) is 9.88 Å². The van der Waals surface area contributed by atoms with Gasteiger partial charge >= 0.3 is 0 Å². The number of aliphatic hydroxyl groups is 1. The van der Waals surface area contributed by atoms with Crippen LogP contribution in [0.2, 0.25) is 0 Å². The van der Waals surface area contributed by atoms with Gasteiger partial charge in [-0.15, -0.1) is 0 Å². The lowest BCUT2D eigenvalue weighted by molar-refractivity contribution is 0.0312. The topological polar surface area (TPSA) is 63.5 Å². The first kappa shape index (κ1) is 15.7. The lowest BCUT2D eigenvalue weighted by atomic mass is 9.97. The van der Waals surface area contributed by atoms with Gasteiger partial charge in [0.1, 0.15) is 5.69 Å². The molecule has 0 saturated carbocycles. The van der Waals surface area contributed by atoms with Crippen LogP contribution in [-0.2, 0) is 11.3 Å². The van der Waals surface area contributed by atoms with Crippen LogP contribution in [0.25, 0.3) is 0 Å². The van der Waals surface area contributed by atoms with E-state index in [1.807, 2.05) is 30.7 Å². The lowest BCUT2D eigenvalue weighted by Crippen LogP contribution is -2.42. The first-order valence-corrected chi connectivity index (χ1v) is 6.71. The van der Waals surface area contributed by atoms with Crippen molar-refractivity contribution in [3.05, 3.63) is 24.0 Å². The Balaban J connectivity index is 2.61. The summed E-state index contributed by atoms with van der Waals surface area (Å²) < 4.78 is 6.85. The van der Waals surface area contributed by atoms with Gasteiger partial charge in [0.05, 0.1) is 12.2 Å². The second-order valence-electron chi connectivity index (χ2n) is 4.69. The van der Waals surface area contributed by atoms with E-state index in [0.29, 0.717) is 31.7 Å². The van der Waals surface area contributed by atoms with E-state index in [2.05, 4.69) is 5.32 Å². The van der Waals surface area contributed by atoms with E-state index in [0.717, 1.165) is 0 Å². The van der Waals surface area contributed by atoms with Gasteiger partial charge in [0.2, 0.25) is 0 Å². The predicted octanol–water partition coefficient (Wildman–Crippen LogP) is 1.42. The summed E-state index contributed by atoms with van der Waals surface area (Å²) in [7, 11) is 1.63. The third-order valence-electron chi connectivity index (χ3n) is 3.49. The number of rotatable bonds is 8. The van der Waals surface area contributed by atoms with Crippen LogP contribution in [0.15, 0.2) is 18.3 Å². The van der Waals surface area contributed by atoms with Gasteiger partial charge in [0.15, 0.2) is 0 Å². The summed E-state index contributed by atoms with van der Waals surface area (Å²) in [5.74, 6) is -0.165. The highest BCUT2D eigenvalue weighted by atomic mass is 16.5. The zero-order valence-electron chi connectivity index (χ0n) is 12.0. The second kappa shape index (κ2) is 7.31. The van der Waals surface area contributed by atoms with Crippen molar-refractivity contribution in [3.8, 4) is 0 Å². The standard InChI is InChI=1S/C14H24N2O3/c1-4-14(18,5-2)11-15-13(17)12-7-6-8-16(12)9-10-19-3/h6-8,18H,4-5,9-11H2,1-3H3,(H,15,17). The highest BCUT2D eigenvalue weighted by Crippen LogP contribution is 2.13. The molecule has 0 saturated heterocycles. The molecule has 0 fully saturated rings. The summed E-state index contributed by atoms with van der Waals surface area (Å²) >= 11 is 0. The molecule has 0 radical (unpaired) electrons. The fourth-order valence-electron chi connectivity index (χ4n) is 1.84. The Kier molecular flexibility index (Phi) is 6.05. The number of carbonyl (C=O) groups excluding carboxylic acids is 1. The van der Waals surface area contributed by atoms with Gasteiger partial charge in [0.25, 0.3) is 5.91 Å². The molecule has 0 atom stereocenters. The molecule has 0 aliphatic rings. The minimum Gasteiger partial charge on any atom is -0.388 e. The van der Waals surface area contributed by atoms with Crippen molar-refractivity contribution < 1.29 is 14.6 Å². The average molecular weight is 268 g/mol. The first-order chi connectivity index (χ1) is 9.06.